The molecule has 0 spiro atoms. The van der Waals surface area contributed by atoms with Gasteiger partial charge in [-0.05, 0) is 23.8 Å². The Kier molecular flexibility index (Phi) is 5.60. The van der Waals surface area contributed by atoms with Gasteiger partial charge in [-0.15, -0.1) is 0 Å². The molecule has 4 N–H and O–H groups in total. The summed E-state index contributed by atoms with van der Waals surface area (Å²) in [5.41, 5.74) is 0.491. The highest BCUT2D eigenvalue weighted by molar-refractivity contribution is 5.96. The number of hydrogen-bond donors (Lipinski definition) is 4. The first kappa shape index (κ1) is 18.5. The molecule has 0 aromatic carbocycles. The van der Waals surface area contributed by atoms with Crippen molar-refractivity contribution in [3.05, 3.63) is 11.6 Å². The first-order valence-electron chi connectivity index (χ1n) is 7.82. The van der Waals surface area contributed by atoms with E-state index in [1.54, 1.807) is 6.92 Å². The Hall–Kier alpha value is -0.830. The van der Waals surface area contributed by atoms with Crippen molar-refractivity contribution in [2.24, 2.45) is 11.3 Å². The lowest BCUT2D eigenvalue weighted by molar-refractivity contribution is -0.304. The fraction of sp³-hybridized carbons (Fsp3) is 0.812. The highest BCUT2D eigenvalue weighted by Crippen LogP contribution is 2.38. The third kappa shape index (κ3) is 3.81. The summed E-state index contributed by atoms with van der Waals surface area (Å²) in [7, 11) is 0. The minimum absolute atomic E-state index is 0.0618. The summed E-state index contributed by atoms with van der Waals surface area (Å²) in [5.74, 6) is -0.0298. The van der Waals surface area contributed by atoms with Crippen LogP contribution in [0.1, 0.15) is 27.2 Å². The van der Waals surface area contributed by atoms with Crippen molar-refractivity contribution in [2.75, 3.05) is 13.2 Å². The average molecular weight is 330 g/mol. The number of carbonyl (C=O) groups excluding carboxylic acids is 1. The van der Waals surface area contributed by atoms with Gasteiger partial charge in [0.15, 0.2) is 12.1 Å². The van der Waals surface area contributed by atoms with Crippen LogP contribution in [-0.4, -0.2) is 70.1 Å². The third-order valence-corrected chi connectivity index (χ3v) is 4.82. The van der Waals surface area contributed by atoms with Crippen molar-refractivity contribution in [3.8, 4) is 0 Å². The lowest BCUT2D eigenvalue weighted by Crippen LogP contribution is -2.59. The standard InChI is InChI=1S/C16H26O7/c1-8-5-16(2,3)9(4-10(8)18)7-22-15-14(21)13(20)12(19)11(6-17)23-15/h5,9,11-15,17,19-21H,4,6-7H2,1-3H3/t9-,11+,12-,13-,14+,15+/m0/s1. The van der Waals surface area contributed by atoms with Crippen molar-refractivity contribution in [3.63, 3.8) is 0 Å². The van der Waals surface area contributed by atoms with Gasteiger partial charge < -0.3 is 29.9 Å². The fourth-order valence-corrected chi connectivity index (χ4v) is 3.09. The summed E-state index contributed by atoms with van der Waals surface area (Å²) < 4.78 is 10.9. The van der Waals surface area contributed by atoms with Crippen LogP contribution in [0, 0.1) is 11.3 Å². The van der Waals surface area contributed by atoms with Crippen molar-refractivity contribution in [1.29, 1.82) is 0 Å². The van der Waals surface area contributed by atoms with E-state index in [0.717, 1.165) is 5.57 Å². The zero-order valence-electron chi connectivity index (χ0n) is 13.7. The summed E-state index contributed by atoms with van der Waals surface area (Å²) in [5, 5.41) is 38.6. The predicted octanol–water partition coefficient (Wildman–Crippen LogP) is -0.636. The summed E-state index contributed by atoms with van der Waals surface area (Å²) >= 11 is 0. The normalized spacial score (nSPS) is 40.8. The number of rotatable bonds is 4. The number of hydrogen-bond acceptors (Lipinski definition) is 7. The van der Waals surface area contributed by atoms with E-state index in [0.29, 0.717) is 6.42 Å². The molecule has 1 aliphatic carbocycles. The summed E-state index contributed by atoms with van der Waals surface area (Å²) in [6.45, 7) is 5.46. The van der Waals surface area contributed by atoms with Crippen LogP contribution in [0.2, 0.25) is 0 Å². The summed E-state index contributed by atoms with van der Waals surface area (Å²) in [6.07, 6.45) is -4.20. The van der Waals surface area contributed by atoms with Gasteiger partial charge in [0.2, 0.25) is 0 Å². The molecule has 0 amide bonds. The lowest BCUT2D eigenvalue weighted by Gasteiger charge is -2.41. The molecule has 0 aromatic heterocycles. The Morgan fingerprint density at radius 2 is 1.91 bits per heavy atom. The Bertz CT molecular complexity index is 471. The highest BCUT2D eigenvalue weighted by atomic mass is 16.7. The number of aliphatic hydroxyl groups excluding tert-OH is 4. The molecule has 132 valence electrons. The van der Waals surface area contributed by atoms with E-state index >= 15 is 0 Å². The minimum Gasteiger partial charge on any atom is -0.394 e. The fourth-order valence-electron chi connectivity index (χ4n) is 3.09. The van der Waals surface area contributed by atoms with Crippen LogP contribution in [0.4, 0.5) is 0 Å². The molecule has 0 bridgehead atoms. The molecule has 0 radical (unpaired) electrons. The van der Waals surface area contributed by atoms with Gasteiger partial charge in [0.25, 0.3) is 0 Å². The average Bonchev–Trinajstić information content (AvgIpc) is 2.48. The highest BCUT2D eigenvalue weighted by Gasteiger charge is 2.45. The monoisotopic (exact) mass is 330 g/mol. The topological polar surface area (TPSA) is 116 Å². The molecular weight excluding hydrogens is 304 g/mol. The van der Waals surface area contributed by atoms with Crippen LogP contribution in [-0.2, 0) is 14.3 Å². The van der Waals surface area contributed by atoms with Crippen molar-refractivity contribution in [1.82, 2.24) is 0 Å². The van der Waals surface area contributed by atoms with Gasteiger partial charge in [-0.25, -0.2) is 0 Å². The molecule has 0 aromatic rings. The van der Waals surface area contributed by atoms with Gasteiger partial charge in [0.05, 0.1) is 13.2 Å². The molecular formula is C16H26O7. The predicted molar refractivity (Wildman–Crippen MR) is 80.4 cm³/mol. The van der Waals surface area contributed by atoms with E-state index in [1.807, 2.05) is 19.9 Å². The quantitative estimate of drug-likeness (QED) is 0.542. The van der Waals surface area contributed by atoms with Crippen LogP contribution in [0.15, 0.2) is 11.6 Å². The van der Waals surface area contributed by atoms with E-state index in [-0.39, 0.29) is 23.7 Å². The maximum Gasteiger partial charge on any atom is 0.186 e. The van der Waals surface area contributed by atoms with E-state index in [4.69, 9.17) is 14.6 Å². The first-order chi connectivity index (χ1) is 10.7. The third-order valence-electron chi connectivity index (χ3n) is 4.82. The van der Waals surface area contributed by atoms with Gasteiger partial charge in [0.1, 0.15) is 24.4 Å². The van der Waals surface area contributed by atoms with E-state index < -0.39 is 37.3 Å². The molecule has 0 unspecified atom stereocenters. The molecule has 1 heterocycles. The van der Waals surface area contributed by atoms with E-state index in [2.05, 4.69) is 0 Å². The van der Waals surface area contributed by atoms with E-state index in [9.17, 15) is 20.1 Å². The summed E-state index contributed by atoms with van der Waals surface area (Å²) in [6, 6.07) is 0. The zero-order valence-corrected chi connectivity index (χ0v) is 13.7. The SMILES string of the molecule is CC1=CC(C)(C)[C@H](CO[C@@H]2O[C@H](CO)[C@H](O)[C@H](O)[C@H]2O)CC1=O. The molecule has 2 rings (SSSR count). The molecule has 6 atom stereocenters. The first-order valence-corrected chi connectivity index (χ1v) is 7.82. The molecule has 23 heavy (non-hydrogen) atoms. The lowest BCUT2D eigenvalue weighted by atomic mass is 9.71. The number of carbonyl (C=O) groups is 1. The molecule has 1 saturated heterocycles. The second kappa shape index (κ2) is 6.96. The van der Waals surface area contributed by atoms with Gasteiger partial charge in [-0.1, -0.05) is 19.9 Å². The smallest absolute Gasteiger partial charge is 0.186 e. The number of ketones is 1. The number of aliphatic hydroxyl groups is 4. The van der Waals surface area contributed by atoms with Gasteiger partial charge in [-0.3, -0.25) is 4.79 Å². The Morgan fingerprint density at radius 1 is 1.26 bits per heavy atom. The van der Waals surface area contributed by atoms with Crippen LogP contribution < -0.4 is 0 Å². The maximum atomic E-state index is 11.9. The molecule has 0 saturated carbocycles. The molecule has 1 aliphatic heterocycles. The minimum atomic E-state index is -1.46. The number of allylic oxidation sites excluding steroid dienone is 2. The Balaban J connectivity index is 2.01. The largest absolute Gasteiger partial charge is 0.394 e. The van der Waals surface area contributed by atoms with Gasteiger partial charge >= 0.3 is 0 Å². The Labute approximate surface area is 135 Å². The number of ether oxygens (including phenoxy) is 2. The zero-order chi connectivity index (χ0) is 17.4. The Morgan fingerprint density at radius 3 is 2.52 bits per heavy atom. The van der Waals surface area contributed by atoms with Crippen LogP contribution in [0.3, 0.4) is 0 Å². The maximum absolute atomic E-state index is 11.9. The second-order valence-corrected chi connectivity index (χ2v) is 7.00. The molecule has 7 heteroatoms. The molecule has 2 aliphatic rings. The van der Waals surface area contributed by atoms with E-state index in [1.165, 1.54) is 0 Å². The van der Waals surface area contributed by atoms with Crippen LogP contribution >= 0.6 is 0 Å². The summed E-state index contributed by atoms with van der Waals surface area (Å²) in [4.78, 5) is 11.9. The van der Waals surface area contributed by atoms with Crippen molar-refractivity contribution < 1.29 is 34.7 Å². The number of Topliss-reactive ketones (excluding diaryl/α,β-unsaturated/α-hetero) is 1. The molecule has 7 nitrogen and oxygen atoms in total. The van der Waals surface area contributed by atoms with Crippen molar-refractivity contribution >= 4 is 5.78 Å². The van der Waals surface area contributed by atoms with Gasteiger partial charge in [0, 0.05) is 6.42 Å². The van der Waals surface area contributed by atoms with Crippen molar-refractivity contribution in [2.45, 2.75) is 57.9 Å². The van der Waals surface area contributed by atoms with Gasteiger partial charge in [-0.2, -0.15) is 0 Å². The molecule has 1 fully saturated rings. The van der Waals surface area contributed by atoms with Crippen LogP contribution in [0.5, 0.6) is 0 Å². The van der Waals surface area contributed by atoms with Crippen LogP contribution in [0.25, 0.3) is 0 Å². The second-order valence-electron chi connectivity index (χ2n) is 7.00.